The van der Waals surface area contributed by atoms with E-state index >= 15 is 0 Å². The zero-order valence-corrected chi connectivity index (χ0v) is 13.9. The van der Waals surface area contributed by atoms with E-state index in [-0.39, 0.29) is 12.4 Å². The van der Waals surface area contributed by atoms with Gasteiger partial charge in [-0.3, -0.25) is 4.79 Å². The molecule has 0 bridgehead atoms. The van der Waals surface area contributed by atoms with Crippen LogP contribution in [0.5, 0.6) is 0 Å². The van der Waals surface area contributed by atoms with Crippen LogP contribution in [0.2, 0.25) is 0 Å². The van der Waals surface area contributed by atoms with E-state index in [0.29, 0.717) is 0 Å². The summed E-state index contributed by atoms with van der Waals surface area (Å²) in [6, 6.07) is 7.51. The second-order valence-electron chi connectivity index (χ2n) is 5.72. The lowest BCUT2D eigenvalue weighted by atomic mass is 9.99. The molecule has 3 atom stereocenters. The van der Waals surface area contributed by atoms with E-state index in [1.54, 1.807) is 6.92 Å². The van der Waals surface area contributed by atoms with Crippen molar-refractivity contribution in [2.75, 3.05) is 19.5 Å². The maximum atomic E-state index is 12.3. The van der Waals surface area contributed by atoms with Crippen LogP contribution < -0.4 is 0 Å². The van der Waals surface area contributed by atoms with Crippen LogP contribution in [-0.2, 0) is 25.8 Å². The minimum absolute atomic E-state index is 0.0695. The number of sulfone groups is 1. The fraction of sp³-hybridized carbons (Fsp3) is 0.562. The van der Waals surface area contributed by atoms with Gasteiger partial charge in [0, 0.05) is 18.8 Å². The van der Waals surface area contributed by atoms with Gasteiger partial charge >= 0.3 is 5.97 Å². The maximum Gasteiger partial charge on any atom is 0.314 e. The average molecular weight is 326 g/mol. The molecule has 2 rings (SSSR count). The van der Waals surface area contributed by atoms with Crippen LogP contribution >= 0.6 is 0 Å². The highest BCUT2D eigenvalue weighted by Crippen LogP contribution is 2.63. The monoisotopic (exact) mass is 326 g/mol. The summed E-state index contributed by atoms with van der Waals surface area (Å²) in [7, 11) is -2.07. The Morgan fingerprint density at radius 2 is 1.86 bits per heavy atom. The molecule has 0 saturated heterocycles. The van der Waals surface area contributed by atoms with Gasteiger partial charge in [0.2, 0.25) is 0 Å². The minimum atomic E-state index is -3.47. The smallest absolute Gasteiger partial charge is 0.314 e. The number of benzene rings is 1. The fourth-order valence-electron chi connectivity index (χ4n) is 3.27. The van der Waals surface area contributed by atoms with E-state index in [4.69, 9.17) is 4.74 Å². The number of hydrogen-bond donors (Lipinski definition) is 1. The highest BCUT2D eigenvalue weighted by Gasteiger charge is 2.75. The van der Waals surface area contributed by atoms with E-state index in [1.165, 1.54) is 7.11 Å². The first-order valence-electron chi connectivity index (χ1n) is 7.37. The maximum absolute atomic E-state index is 12.3. The Kier molecular flexibility index (Phi) is 4.63. The van der Waals surface area contributed by atoms with Gasteiger partial charge in [-0.05, 0) is 17.5 Å². The van der Waals surface area contributed by atoms with E-state index in [0.717, 1.165) is 17.5 Å². The first-order valence-corrected chi connectivity index (χ1v) is 9.09. The van der Waals surface area contributed by atoms with Crippen LogP contribution in [0.15, 0.2) is 24.3 Å². The zero-order valence-electron chi connectivity index (χ0n) is 13.1. The Labute approximate surface area is 131 Å². The van der Waals surface area contributed by atoms with Gasteiger partial charge < -0.3 is 9.84 Å². The first kappa shape index (κ1) is 17.0. The lowest BCUT2D eigenvalue weighted by Crippen LogP contribution is -2.29. The van der Waals surface area contributed by atoms with Gasteiger partial charge in [-0.1, -0.05) is 38.1 Å². The summed E-state index contributed by atoms with van der Waals surface area (Å²) < 4.78 is 29.7. The SMILES string of the molecule is CCc1ccc(C2C(S(=O)(=O)CC)C2(COC)C(=O)O)cc1. The topological polar surface area (TPSA) is 80.7 Å². The zero-order chi connectivity index (χ0) is 16.5. The van der Waals surface area contributed by atoms with E-state index < -0.39 is 32.4 Å². The Morgan fingerprint density at radius 3 is 2.27 bits per heavy atom. The van der Waals surface area contributed by atoms with E-state index in [1.807, 2.05) is 31.2 Å². The lowest BCUT2D eigenvalue weighted by Gasteiger charge is -2.11. The molecule has 1 saturated carbocycles. The van der Waals surface area contributed by atoms with E-state index in [2.05, 4.69) is 0 Å². The molecule has 1 aromatic rings. The number of rotatable bonds is 7. The summed E-state index contributed by atoms with van der Waals surface area (Å²) in [6.45, 7) is 3.47. The van der Waals surface area contributed by atoms with Gasteiger partial charge in [0.15, 0.2) is 9.84 Å². The molecule has 0 aromatic heterocycles. The summed E-state index contributed by atoms with van der Waals surface area (Å²) in [5.74, 6) is -1.73. The van der Waals surface area contributed by atoms with Gasteiger partial charge in [0.25, 0.3) is 0 Å². The molecule has 1 N–H and O–H groups in total. The average Bonchev–Trinajstić information content (AvgIpc) is 3.19. The van der Waals surface area contributed by atoms with Crippen LogP contribution in [0.3, 0.4) is 0 Å². The molecule has 0 heterocycles. The summed E-state index contributed by atoms with van der Waals surface area (Å²) in [5.41, 5.74) is 0.503. The Bertz CT molecular complexity index is 650. The highest BCUT2D eigenvalue weighted by atomic mass is 32.2. The third-order valence-electron chi connectivity index (χ3n) is 4.57. The van der Waals surface area contributed by atoms with Crippen molar-refractivity contribution in [3.63, 3.8) is 0 Å². The number of carbonyl (C=O) groups is 1. The van der Waals surface area contributed by atoms with Gasteiger partial charge in [-0.2, -0.15) is 0 Å². The molecular formula is C16H22O5S. The second-order valence-corrected chi connectivity index (χ2v) is 8.13. The molecule has 0 amide bonds. The minimum Gasteiger partial charge on any atom is -0.481 e. The van der Waals surface area contributed by atoms with E-state index in [9.17, 15) is 18.3 Å². The molecule has 0 radical (unpaired) electrons. The number of aryl methyl sites for hydroxylation is 1. The van der Waals surface area contributed by atoms with Crippen molar-refractivity contribution in [2.24, 2.45) is 5.41 Å². The van der Waals surface area contributed by atoms with Crippen LogP contribution in [0.1, 0.15) is 30.9 Å². The number of ether oxygens (including phenoxy) is 1. The van der Waals surface area contributed by atoms with Crippen molar-refractivity contribution in [3.8, 4) is 0 Å². The van der Waals surface area contributed by atoms with Crippen molar-refractivity contribution >= 4 is 15.8 Å². The third kappa shape index (κ3) is 2.54. The van der Waals surface area contributed by atoms with Crippen LogP contribution in [-0.4, -0.2) is 44.2 Å². The molecule has 22 heavy (non-hydrogen) atoms. The van der Waals surface area contributed by atoms with Crippen LogP contribution in [0.4, 0.5) is 0 Å². The van der Waals surface area contributed by atoms with Crippen LogP contribution in [0, 0.1) is 5.41 Å². The Hall–Kier alpha value is -1.40. The molecule has 1 aromatic carbocycles. The van der Waals surface area contributed by atoms with Crippen molar-refractivity contribution < 1.29 is 23.1 Å². The van der Waals surface area contributed by atoms with Crippen molar-refractivity contribution in [2.45, 2.75) is 31.4 Å². The third-order valence-corrected chi connectivity index (χ3v) is 6.85. The quantitative estimate of drug-likeness (QED) is 0.827. The number of carboxylic acid groups (broad SMARTS) is 1. The van der Waals surface area contributed by atoms with Crippen LogP contribution in [0.25, 0.3) is 0 Å². The summed E-state index contributed by atoms with van der Waals surface area (Å²) >= 11 is 0. The molecule has 1 aliphatic carbocycles. The van der Waals surface area contributed by atoms with Gasteiger partial charge in [0.1, 0.15) is 5.41 Å². The second kappa shape index (κ2) is 6.01. The number of methoxy groups -OCH3 is 1. The molecule has 5 nitrogen and oxygen atoms in total. The van der Waals surface area contributed by atoms with Gasteiger partial charge in [-0.15, -0.1) is 0 Å². The molecule has 0 aliphatic heterocycles. The van der Waals surface area contributed by atoms with Crippen molar-refractivity contribution in [1.29, 1.82) is 0 Å². The Balaban J connectivity index is 2.48. The molecule has 3 unspecified atom stereocenters. The Morgan fingerprint density at radius 1 is 1.27 bits per heavy atom. The molecular weight excluding hydrogens is 304 g/mol. The fourth-order valence-corrected chi connectivity index (χ4v) is 5.32. The predicted molar refractivity (Wildman–Crippen MR) is 83.8 cm³/mol. The molecule has 1 fully saturated rings. The van der Waals surface area contributed by atoms with Crippen molar-refractivity contribution in [1.82, 2.24) is 0 Å². The molecule has 1 aliphatic rings. The summed E-state index contributed by atoms with van der Waals surface area (Å²) in [6.07, 6.45) is 0.879. The van der Waals surface area contributed by atoms with Gasteiger partial charge in [0.05, 0.1) is 11.9 Å². The molecule has 6 heteroatoms. The predicted octanol–water partition coefficient (Wildman–Crippen LogP) is 1.87. The molecule has 0 spiro atoms. The summed E-state index contributed by atoms with van der Waals surface area (Å²) in [4.78, 5) is 11.8. The normalized spacial score (nSPS) is 27.6. The van der Waals surface area contributed by atoms with Gasteiger partial charge in [-0.25, -0.2) is 8.42 Å². The van der Waals surface area contributed by atoms with Crippen molar-refractivity contribution in [3.05, 3.63) is 35.4 Å². The standard InChI is InChI=1S/C16H22O5S/c1-4-11-6-8-12(9-7-11)13-14(22(19,20)5-2)16(13,10-21-3)15(17)18/h6-9,13-14H,4-5,10H2,1-3H3,(H,17,18). The number of aliphatic carboxylic acids is 1. The molecule has 122 valence electrons. The number of hydrogen-bond acceptors (Lipinski definition) is 4. The first-order chi connectivity index (χ1) is 10.3. The largest absolute Gasteiger partial charge is 0.481 e. The number of carboxylic acids is 1. The highest BCUT2D eigenvalue weighted by molar-refractivity contribution is 7.92. The summed E-state index contributed by atoms with van der Waals surface area (Å²) in [5, 5.41) is 8.73. The lowest BCUT2D eigenvalue weighted by molar-refractivity contribution is -0.145.